The highest BCUT2D eigenvalue weighted by molar-refractivity contribution is 9.10. The van der Waals surface area contributed by atoms with Crippen LogP contribution in [-0.2, 0) is 16.0 Å². The van der Waals surface area contributed by atoms with E-state index in [1.54, 1.807) is 0 Å². The lowest BCUT2D eigenvalue weighted by atomic mass is 9.93. The number of rotatable bonds is 5. The van der Waals surface area contributed by atoms with Crippen molar-refractivity contribution in [3.05, 3.63) is 34.3 Å². The topological polar surface area (TPSA) is 57.6 Å². The van der Waals surface area contributed by atoms with Crippen LogP contribution in [0.2, 0.25) is 0 Å². The first-order chi connectivity index (χ1) is 10.0. The predicted octanol–water partition coefficient (Wildman–Crippen LogP) is 3.10. The van der Waals surface area contributed by atoms with Gasteiger partial charge < -0.3 is 10.0 Å². The fourth-order valence-corrected chi connectivity index (χ4v) is 3.23. The molecule has 0 unspecified atom stereocenters. The van der Waals surface area contributed by atoms with Gasteiger partial charge in [0.15, 0.2) is 0 Å². The number of piperidine rings is 1. The minimum absolute atomic E-state index is 0.133. The van der Waals surface area contributed by atoms with Crippen molar-refractivity contribution in [3.8, 4) is 0 Å². The van der Waals surface area contributed by atoms with E-state index in [1.807, 2.05) is 29.2 Å². The second kappa shape index (κ2) is 7.59. The first kappa shape index (κ1) is 16.0. The van der Waals surface area contributed by atoms with E-state index < -0.39 is 5.97 Å². The zero-order valence-corrected chi connectivity index (χ0v) is 13.5. The number of benzene rings is 1. The van der Waals surface area contributed by atoms with Crippen molar-refractivity contribution in [3.63, 3.8) is 0 Å². The van der Waals surface area contributed by atoms with Crippen LogP contribution < -0.4 is 0 Å². The maximum Gasteiger partial charge on any atom is 0.303 e. The Kier molecular flexibility index (Phi) is 5.79. The van der Waals surface area contributed by atoms with E-state index >= 15 is 0 Å². The zero-order valence-electron chi connectivity index (χ0n) is 11.9. The van der Waals surface area contributed by atoms with Gasteiger partial charge in [0.2, 0.25) is 5.91 Å². The van der Waals surface area contributed by atoms with Crippen LogP contribution in [0.5, 0.6) is 0 Å². The molecular weight excluding hydrogens is 334 g/mol. The van der Waals surface area contributed by atoms with E-state index in [2.05, 4.69) is 15.9 Å². The second-order valence-corrected chi connectivity index (χ2v) is 6.50. The van der Waals surface area contributed by atoms with Crippen molar-refractivity contribution in [2.75, 3.05) is 13.1 Å². The summed E-state index contributed by atoms with van der Waals surface area (Å²) in [6, 6.07) is 7.79. The van der Waals surface area contributed by atoms with E-state index in [-0.39, 0.29) is 12.3 Å². The highest BCUT2D eigenvalue weighted by atomic mass is 79.9. The SMILES string of the molecule is O=C(O)CC[C@H]1CCCN(C(=O)Cc2cccc(Br)c2)C1. The Balaban J connectivity index is 1.88. The molecule has 1 aromatic rings. The third kappa shape index (κ3) is 5.16. The lowest BCUT2D eigenvalue weighted by molar-refractivity contribution is -0.137. The normalized spacial score (nSPS) is 18.5. The molecule has 1 fully saturated rings. The number of nitrogens with zero attached hydrogens (tertiary/aromatic N) is 1. The minimum atomic E-state index is -0.757. The predicted molar refractivity (Wildman–Crippen MR) is 84.0 cm³/mol. The molecule has 2 rings (SSSR count). The van der Waals surface area contributed by atoms with Crippen LogP contribution in [0, 0.1) is 5.92 Å². The van der Waals surface area contributed by atoms with Crippen molar-refractivity contribution in [1.82, 2.24) is 4.90 Å². The van der Waals surface area contributed by atoms with Gasteiger partial charge in [0, 0.05) is 24.0 Å². The quantitative estimate of drug-likeness (QED) is 0.884. The molecule has 1 aliphatic rings. The Morgan fingerprint density at radius 3 is 2.90 bits per heavy atom. The van der Waals surface area contributed by atoms with Gasteiger partial charge in [-0.15, -0.1) is 0 Å². The molecule has 1 amide bonds. The Labute approximate surface area is 133 Å². The van der Waals surface area contributed by atoms with Gasteiger partial charge >= 0.3 is 5.97 Å². The van der Waals surface area contributed by atoms with Crippen LogP contribution in [0.4, 0.5) is 0 Å². The zero-order chi connectivity index (χ0) is 15.2. The molecule has 5 heteroatoms. The van der Waals surface area contributed by atoms with Gasteiger partial charge in [-0.2, -0.15) is 0 Å². The van der Waals surface area contributed by atoms with Crippen molar-refractivity contribution in [1.29, 1.82) is 0 Å². The number of carbonyl (C=O) groups excluding carboxylic acids is 1. The van der Waals surface area contributed by atoms with Gasteiger partial charge in [-0.25, -0.2) is 0 Å². The lowest BCUT2D eigenvalue weighted by Gasteiger charge is -2.32. The van der Waals surface area contributed by atoms with Crippen LogP contribution in [0.15, 0.2) is 28.7 Å². The van der Waals surface area contributed by atoms with Crippen molar-refractivity contribution < 1.29 is 14.7 Å². The van der Waals surface area contributed by atoms with E-state index in [4.69, 9.17) is 5.11 Å². The molecule has 0 bridgehead atoms. The average Bonchev–Trinajstić information content (AvgIpc) is 2.45. The van der Waals surface area contributed by atoms with Gasteiger partial charge in [-0.1, -0.05) is 28.1 Å². The van der Waals surface area contributed by atoms with E-state index in [0.29, 0.717) is 25.3 Å². The summed E-state index contributed by atoms with van der Waals surface area (Å²) in [5, 5.41) is 8.76. The smallest absolute Gasteiger partial charge is 0.303 e. The van der Waals surface area contributed by atoms with Crippen LogP contribution >= 0.6 is 15.9 Å². The minimum Gasteiger partial charge on any atom is -0.481 e. The fraction of sp³-hybridized carbons (Fsp3) is 0.500. The molecule has 0 aromatic heterocycles. The van der Waals surface area contributed by atoms with Crippen LogP contribution in [0.3, 0.4) is 0 Å². The van der Waals surface area contributed by atoms with Crippen LogP contribution in [0.25, 0.3) is 0 Å². The summed E-state index contributed by atoms with van der Waals surface area (Å²) in [5.74, 6) is -0.304. The first-order valence-corrected chi connectivity index (χ1v) is 8.08. The highest BCUT2D eigenvalue weighted by Crippen LogP contribution is 2.22. The number of hydrogen-bond donors (Lipinski definition) is 1. The van der Waals surface area contributed by atoms with Crippen molar-refractivity contribution >= 4 is 27.8 Å². The summed E-state index contributed by atoms with van der Waals surface area (Å²) in [4.78, 5) is 24.9. The molecule has 1 heterocycles. The standard InChI is InChI=1S/C16H20BrNO3/c17-14-5-1-3-13(9-14)10-15(19)18-8-2-4-12(11-18)6-7-16(20)21/h1,3,5,9,12H,2,4,6-8,10-11H2,(H,20,21)/t12-/m1/s1. The van der Waals surface area contributed by atoms with Gasteiger partial charge in [-0.3, -0.25) is 9.59 Å². The monoisotopic (exact) mass is 353 g/mol. The Morgan fingerprint density at radius 2 is 2.19 bits per heavy atom. The number of amides is 1. The maximum atomic E-state index is 12.4. The largest absolute Gasteiger partial charge is 0.481 e. The Morgan fingerprint density at radius 1 is 1.38 bits per heavy atom. The molecule has 1 aliphatic heterocycles. The van der Waals surface area contributed by atoms with Gasteiger partial charge in [0.05, 0.1) is 6.42 Å². The molecule has 1 atom stereocenters. The molecule has 1 saturated heterocycles. The van der Waals surface area contributed by atoms with Crippen LogP contribution in [-0.4, -0.2) is 35.0 Å². The van der Waals surface area contributed by atoms with Gasteiger partial charge in [0.25, 0.3) is 0 Å². The average molecular weight is 354 g/mol. The second-order valence-electron chi connectivity index (χ2n) is 5.59. The molecule has 0 saturated carbocycles. The molecule has 0 aliphatic carbocycles. The summed E-state index contributed by atoms with van der Waals surface area (Å²) in [6.07, 6.45) is 3.25. The van der Waals surface area contributed by atoms with Crippen LogP contribution in [0.1, 0.15) is 31.2 Å². The number of carboxylic acids is 1. The summed E-state index contributed by atoms with van der Waals surface area (Å²) in [5.41, 5.74) is 1.00. The highest BCUT2D eigenvalue weighted by Gasteiger charge is 2.24. The van der Waals surface area contributed by atoms with Gasteiger partial charge in [0.1, 0.15) is 0 Å². The molecule has 0 radical (unpaired) electrons. The summed E-state index contributed by atoms with van der Waals surface area (Å²) >= 11 is 3.41. The van der Waals surface area contributed by atoms with Crippen molar-refractivity contribution in [2.45, 2.75) is 32.1 Å². The summed E-state index contributed by atoms with van der Waals surface area (Å²) in [6.45, 7) is 1.48. The first-order valence-electron chi connectivity index (χ1n) is 7.28. The number of halogens is 1. The number of hydrogen-bond acceptors (Lipinski definition) is 2. The molecule has 1 aromatic carbocycles. The Hall–Kier alpha value is -1.36. The van der Waals surface area contributed by atoms with Crippen molar-refractivity contribution in [2.24, 2.45) is 5.92 Å². The molecule has 0 spiro atoms. The summed E-state index contributed by atoms with van der Waals surface area (Å²) < 4.78 is 0.978. The fourth-order valence-electron chi connectivity index (χ4n) is 2.79. The number of aliphatic carboxylic acids is 1. The molecule has 4 nitrogen and oxygen atoms in total. The molecule has 114 valence electrons. The number of carboxylic acid groups (broad SMARTS) is 1. The van der Waals surface area contributed by atoms with Gasteiger partial charge in [-0.05, 0) is 42.9 Å². The van der Waals surface area contributed by atoms with E-state index in [1.165, 1.54) is 0 Å². The number of carbonyl (C=O) groups is 2. The molecule has 21 heavy (non-hydrogen) atoms. The third-order valence-electron chi connectivity index (χ3n) is 3.88. The van der Waals surface area contributed by atoms with E-state index in [9.17, 15) is 9.59 Å². The lowest BCUT2D eigenvalue weighted by Crippen LogP contribution is -2.40. The third-order valence-corrected chi connectivity index (χ3v) is 4.38. The maximum absolute atomic E-state index is 12.4. The van der Waals surface area contributed by atoms with E-state index in [0.717, 1.165) is 29.4 Å². The molecular formula is C16H20BrNO3. The Bertz CT molecular complexity index is 518. The molecule has 1 N–H and O–H groups in total. The number of likely N-dealkylation sites (tertiary alicyclic amines) is 1. The summed E-state index contributed by atoms with van der Waals surface area (Å²) in [7, 11) is 0.